The summed E-state index contributed by atoms with van der Waals surface area (Å²) in [7, 11) is -3.65. The van der Waals surface area contributed by atoms with Gasteiger partial charge < -0.3 is 5.32 Å². The minimum Gasteiger partial charge on any atom is -0.322 e. The molecule has 1 saturated carbocycles. The Kier molecular flexibility index (Phi) is 5.73. The molecular weight excluding hydrogens is 352 g/mol. The van der Waals surface area contributed by atoms with Crippen molar-refractivity contribution >= 4 is 21.6 Å². The van der Waals surface area contributed by atoms with Crippen LogP contribution in [0.2, 0.25) is 0 Å². The average molecular weight is 376 g/mol. The SMILES string of the molecule is CC1CCC(NS(=O)(=O)CC(=O)Nc2cnn(-c3ccccc3)c2)CC1. The monoisotopic (exact) mass is 376 g/mol. The predicted octanol–water partition coefficient (Wildman–Crippen LogP) is 2.31. The van der Waals surface area contributed by atoms with Crippen LogP contribution in [0.25, 0.3) is 5.69 Å². The van der Waals surface area contributed by atoms with Crippen molar-refractivity contribution in [2.45, 2.75) is 38.6 Å². The molecular formula is C18H24N4O3S. The summed E-state index contributed by atoms with van der Waals surface area (Å²) in [6.07, 6.45) is 6.82. The maximum absolute atomic E-state index is 12.2. The second-order valence-electron chi connectivity index (χ2n) is 6.89. The average Bonchev–Trinajstić information content (AvgIpc) is 3.05. The van der Waals surface area contributed by atoms with Crippen molar-refractivity contribution in [3.63, 3.8) is 0 Å². The summed E-state index contributed by atoms with van der Waals surface area (Å²) in [6, 6.07) is 9.39. The maximum Gasteiger partial charge on any atom is 0.241 e. The number of hydrogen-bond acceptors (Lipinski definition) is 4. The van der Waals surface area contributed by atoms with Gasteiger partial charge in [-0.05, 0) is 43.7 Å². The molecule has 26 heavy (non-hydrogen) atoms. The number of rotatable bonds is 6. The van der Waals surface area contributed by atoms with E-state index >= 15 is 0 Å². The van der Waals surface area contributed by atoms with E-state index in [-0.39, 0.29) is 6.04 Å². The van der Waals surface area contributed by atoms with Crippen LogP contribution in [-0.4, -0.2) is 35.9 Å². The number of hydrogen-bond donors (Lipinski definition) is 2. The fourth-order valence-corrected chi connectivity index (χ4v) is 4.40. The number of nitrogens with zero attached hydrogens (tertiary/aromatic N) is 2. The van der Waals surface area contributed by atoms with Crippen molar-refractivity contribution in [1.29, 1.82) is 0 Å². The second kappa shape index (κ2) is 8.01. The summed E-state index contributed by atoms with van der Waals surface area (Å²) in [6.45, 7) is 2.17. The molecule has 1 fully saturated rings. The third kappa shape index (κ3) is 5.15. The van der Waals surface area contributed by atoms with Gasteiger partial charge in [0.1, 0.15) is 5.75 Å². The Labute approximate surface area is 153 Å². The van der Waals surface area contributed by atoms with Crippen molar-refractivity contribution in [2.75, 3.05) is 11.1 Å². The number of carbonyl (C=O) groups is 1. The minimum atomic E-state index is -3.65. The zero-order valence-corrected chi connectivity index (χ0v) is 15.6. The number of sulfonamides is 1. The van der Waals surface area contributed by atoms with E-state index in [2.05, 4.69) is 22.1 Å². The van der Waals surface area contributed by atoms with Crippen molar-refractivity contribution < 1.29 is 13.2 Å². The molecule has 0 saturated heterocycles. The first-order chi connectivity index (χ1) is 12.4. The molecule has 0 spiro atoms. The van der Waals surface area contributed by atoms with E-state index in [4.69, 9.17) is 0 Å². The Balaban J connectivity index is 1.54. The van der Waals surface area contributed by atoms with Crippen LogP contribution >= 0.6 is 0 Å². The van der Waals surface area contributed by atoms with Crippen LogP contribution in [0.15, 0.2) is 42.7 Å². The summed E-state index contributed by atoms with van der Waals surface area (Å²) in [5, 5.41) is 6.76. The third-order valence-corrected chi connectivity index (χ3v) is 5.90. The highest BCUT2D eigenvalue weighted by Gasteiger charge is 2.24. The first-order valence-corrected chi connectivity index (χ1v) is 10.5. The lowest BCUT2D eigenvalue weighted by atomic mass is 9.88. The molecule has 1 aromatic carbocycles. The van der Waals surface area contributed by atoms with E-state index in [1.54, 1.807) is 10.9 Å². The van der Waals surface area contributed by atoms with Crippen LogP contribution in [0, 0.1) is 5.92 Å². The van der Waals surface area contributed by atoms with Crippen LogP contribution in [0.4, 0.5) is 5.69 Å². The smallest absolute Gasteiger partial charge is 0.241 e. The fraction of sp³-hybridized carbons (Fsp3) is 0.444. The predicted molar refractivity (Wildman–Crippen MR) is 101 cm³/mol. The molecule has 0 bridgehead atoms. The molecule has 2 aromatic rings. The summed E-state index contributed by atoms with van der Waals surface area (Å²) < 4.78 is 28.7. The zero-order valence-electron chi connectivity index (χ0n) is 14.8. The van der Waals surface area contributed by atoms with Crippen LogP contribution in [0.3, 0.4) is 0 Å². The highest BCUT2D eigenvalue weighted by molar-refractivity contribution is 7.90. The van der Waals surface area contributed by atoms with Gasteiger partial charge in [0, 0.05) is 6.04 Å². The number of carbonyl (C=O) groups excluding carboxylic acids is 1. The number of para-hydroxylation sites is 1. The van der Waals surface area contributed by atoms with E-state index in [1.807, 2.05) is 30.3 Å². The minimum absolute atomic E-state index is 0.0650. The Morgan fingerprint density at radius 1 is 1.19 bits per heavy atom. The van der Waals surface area contributed by atoms with Gasteiger partial charge >= 0.3 is 0 Å². The number of nitrogens with one attached hydrogen (secondary N) is 2. The molecule has 8 heteroatoms. The van der Waals surface area contributed by atoms with Gasteiger partial charge in [-0.25, -0.2) is 17.8 Å². The highest BCUT2D eigenvalue weighted by atomic mass is 32.2. The van der Waals surface area contributed by atoms with Gasteiger partial charge in [0.2, 0.25) is 15.9 Å². The molecule has 1 heterocycles. The molecule has 0 aliphatic heterocycles. The van der Waals surface area contributed by atoms with Gasteiger partial charge in [0.15, 0.2) is 0 Å². The van der Waals surface area contributed by atoms with Crippen LogP contribution in [0.5, 0.6) is 0 Å². The molecule has 0 atom stereocenters. The van der Waals surface area contributed by atoms with Gasteiger partial charge in [0.25, 0.3) is 0 Å². The lowest BCUT2D eigenvalue weighted by Gasteiger charge is -2.26. The largest absolute Gasteiger partial charge is 0.322 e. The number of benzene rings is 1. The molecule has 7 nitrogen and oxygen atoms in total. The summed E-state index contributed by atoms with van der Waals surface area (Å²) in [5.74, 6) is -0.523. The van der Waals surface area contributed by atoms with Crippen LogP contribution < -0.4 is 10.0 Å². The number of amides is 1. The van der Waals surface area contributed by atoms with E-state index < -0.39 is 21.7 Å². The van der Waals surface area contributed by atoms with Gasteiger partial charge in [-0.1, -0.05) is 25.1 Å². The zero-order chi connectivity index (χ0) is 18.6. The molecule has 0 unspecified atom stereocenters. The first-order valence-electron chi connectivity index (χ1n) is 8.81. The maximum atomic E-state index is 12.2. The van der Waals surface area contributed by atoms with E-state index in [0.717, 1.165) is 31.4 Å². The first kappa shape index (κ1) is 18.6. The molecule has 140 valence electrons. The number of anilines is 1. The highest BCUT2D eigenvalue weighted by Crippen LogP contribution is 2.23. The van der Waals surface area contributed by atoms with Gasteiger partial charge in [-0.15, -0.1) is 0 Å². The molecule has 1 aliphatic carbocycles. The van der Waals surface area contributed by atoms with Crippen LogP contribution in [-0.2, 0) is 14.8 Å². The van der Waals surface area contributed by atoms with E-state index in [0.29, 0.717) is 11.6 Å². The third-order valence-electron chi connectivity index (χ3n) is 4.57. The lowest BCUT2D eigenvalue weighted by molar-refractivity contribution is -0.113. The van der Waals surface area contributed by atoms with Crippen molar-refractivity contribution in [2.24, 2.45) is 5.92 Å². The molecule has 1 amide bonds. The summed E-state index contributed by atoms with van der Waals surface area (Å²) >= 11 is 0. The summed E-state index contributed by atoms with van der Waals surface area (Å²) in [4.78, 5) is 12.1. The Hall–Kier alpha value is -2.19. The number of aromatic nitrogens is 2. The Morgan fingerprint density at radius 2 is 1.88 bits per heavy atom. The molecule has 2 N–H and O–H groups in total. The standard InChI is InChI=1S/C18H24N4O3S/c1-14-7-9-15(10-8-14)21-26(24,25)13-18(23)20-16-11-19-22(12-16)17-5-3-2-4-6-17/h2-6,11-12,14-15,21H,7-10,13H2,1H3,(H,20,23). The molecule has 0 radical (unpaired) electrons. The normalized spacial score (nSPS) is 20.7. The van der Waals surface area contributed by atoms with Gasteiger partial charge in [-0.2, -0.15) is 5.10 Å². The topological polar surface area (TPSA) is 93.1 Å². The van der Waals surface area contributed by atoms with Gasteiger partial charge in [0.05, 0.1) is 23.8 Å². The Morgan fingerprint density at radius 3 is 2.58 bits per heavy atom. The molecule has 3 rings (SSSR count). The van der Waals surface area contributed by atoms with Crippen LogP contribution in [0.1, 0.15) is 32.6 Å². The van der Waals surface area contributed by atoms with E-state index in [9.17, 15) is 13.2 Å². The lowest BCUT2D eigenvalue weighted by Crippen LogP contribution is -2.41. The quantitative estimate of drug-likeness (QED) is 0.809. The van der Waals surface area contributed by atoms with Crippen molar-refractivity contribution in [3.8, 4) is 5.69 Å². The summed E-state index contributed by atoms with van der Waals surface area (Å²) in [5.41, 5.74) is 1.31. The second-order valence-corrected chi connectivity index (χ2v) is 8.64. The van der Waals surface area contributed by atoms with E-state index in [1.165, 1.54) is 6.20 Å². The van der Waals surface area contributed by atoms with Gasteiger partial charge in [-0.3, -0.25) is 4.79 Å². The van der Waals surface area contributed by atoms with Crippen molar-refractivity contribution in [1.82, 2.24) is 14.5 Å². The Bertz CT molecular complexity index is 840. The van der Waals surface area contributed by atoms with Crippen molar-refractivity contribution in [3.05, 3.63) is 42.7 Å². The fourth-order valence-electron chi connectivity index (χ4n) is 3.15. The molecule has 1 aromatic heterocycles. The molecule has 1 aliphatic rings.